The van der Waals surface area contributed by atoms with Gasteiger partial charge >= 0.3 is 11.9 Å². The first-order valence-electron chi connectivity index (χ1n) is 9.09. The van der Waals surface area contributed by atoms with Crippen LogP contribution in [0.1, 0.15) is 39.2 Å². The fourth-order valence-corrected chi connectivity index (χ4v) is 3.32. The van der Waals surface area contributed by atoms with Crippen LogP contribution in [0.2, 0.25) is 0 Å². The summed E-state index contributed by atoms with van der Waals surface area (Å²) in [5, 5.41) is 0. The van der Waals surface area contributed by atoms with Crippen LogP contribution < -0.4 is 0 Å². The summed E-state index contributed by atoms with van der Waals surface area (Å²) in [6.45, 7) is 5.47. The maximum atomic E-state index is 13.3. The maximum Gasteiger partial charge on any atom is 0.339 e. The topological polar surface area (TPSA) is 52.6 Å². The van der Waals surface area contributed by atoms with Crippen LogP contribution in [0, 0.1) is 0 Å². The van der Waals surface area contributed by atoms with E-state index >= 15 is 0 Å². The van der Waals surface area contributed by atoms with E-state index < -0.39 is 17.2 Å². The minimum atomic E-state index is -1.16. The van der Waals surface area contributed by atoms with E-state index in [1.165, 1.54) is 0 Å². The number of hydrogen-bond donors (Lipinski definition) is 0. The summed E-state index contributed by atoms with van der Waals surface area (Å²) in [4.78, 5) is 25.4. The first-order valence-corrected chi connectivity index (χ1v) is 9.09. The SMILES string of the molecule is CC(C)(C)OC(=O)C(=C1C=CC=CC=C1)[C@]1(c2ccccc2)CCC(=O)O1. The second-order valence-electron chi connectivity index (χ2n) is 7.60. The van der Waals surface area contributed by atoms with Gasteiger partial charge in [0.25, 0.3) is 0 Å². The molecular formula is C23H24O4. The van der Waals surface area contributed by atoms with E-state index in [4.69, 9.17) is 9.47 Å². The summed E-state index contributed by atoms with van der Waals surface area (Å²) < 4.78 is 11.6. The van der Waals surface area contributed by atoms with Gasteiger partial charge in [0, 0.05) is 12.0 Å². The summed E-state index contributed by atoms with van der Waals surface area (Å²) in [7, 11) is 0. The van der Waals surface area contributed by atoms with Crippen LogP contribution in [-0.4, -0.2) is 17.5 Å². The number of cyclic esters (lactones) is 1. The summed E-state index contributed by atoms with van der Waals surface area (Å²) in [5.41, 5.74) is -0.0313. The number of rotatable bonds is 3. The molecule has 27 heavy (non-hydrogen) atoms. The van der Waals surface area contributed by atoms with E-state index in [2.05, 4.69) is 0 Å². The van der Waals surface area contributed by atoms with E-state index in [1.54, 1.807) is 0 Å². The average Bonchev–Trinajstić information content (AvgIpc) is 2.81. The van der Waals surface area contributed by atoms with E-state index in [-0.39, 0.29) is 12.4 Å². The van der Waals surface area contributed by atoms with Gasteiger partial charge in [0.2, 0.25) is 0 Å². The Morgan fingerprint density at radius 3 is 2.19 bits per heavy atom. The summed E-state index contributed by atoms with van der Waals surface area (Å²) >= 11 is 0. The summed E-state index contributed by atoms with van der Waals surface area (Å²) in [6, 6.07) is 9.41. The quantitative estimate of drug-likeness (QED) is 0.584. The second-order valence-corrected chi connectivity index (χ2v) is 7.60. The van der Waals surface area contributed by atoms with Gasteiger partial charge in [-0.25, -0.2) is 4.79 Å². The molecule has 0 bridgehead atoms. The van der Waals surface area contributed by atoms with Crippen LogP contribution >= 0.6 is 0 Å². The third kappa shape index (κ3) is 4.11. The Hall–Kier alpha value is -2.88. The first-order chi connectivity index (χ1) is 12.8. The molecule has 0 radical (unpaired) electrons. The normalized spacial score (nSPS) is 21.7. The van der Waals surface area contributed by atoms with Crippen molar-refractivity contribution in [1.82, 2.24) is 0 Å². The van der Waals surface area contributed by atoms with E-state index in [0.29, 0.717) is 17.6 Å². The van der Waals surface area contributed by atoms with Crippen molar-refractivity contribution in [1.29, 1.82) is 0 Å². The Morgan fingerprint density at radius 2 is 1.67 bits per heavy atom. The van der Waals surface area contributed by atoms with Gasteiger partial charge in [-0.15, -0.1) is 0 Å². The maximum absolute atomic E-state index is 13.3. The number of carbonyl (C=O) groups excluding carboxylic acids is 2. The molecule has 0 spiro atoms. The molecule has 1 atom stereocenters. The molecule has 1 aliphatic carbocycles. The highest BCUT2D eigenvalue weighted by atomic mass is 16.6. The van der Waals surface area contributed by atoms with Crippen molar-refractivity contribution in [2.45, 2.75) is 44.8 Å². The average molecular weight is 364 g/mol. The van der Waals surface area contributed by atoms with Crippen molar-refractivity contribution < 1.29 is 19.1 Å². The zero-order valence-electron chi connectivity index (χ0n) is 15.9. The predicted octanol–water partition coefficient (Wildman–Crippen LogP) is 4.54. The van der Waals surface area contributed by atoms with Crippen molar-refractivity contribution in [2.75, 3.05) is 0 Å². The molecular weight excluding hydrogens is 340 g/mol. The predicted molar refractivity (Wildman–Crippen MR) is 104 cm³/mol. The van der Waals surface area contributed by atoms with Crippen molar-refractivity contribution in [3.63, 3.8) is 0 Å². The largest absolute Gasteiger partial charge is 0.456 e. The minimum absolute atomic E-state index is 0.250. The van der Waals surface area contributed by atoms with Crippen molar-refractivity contribution >= 4 is 11.9 Å². The molecule has 1 heterocycles. The van der Waals surface area contributed by atoms with Gasteiger partial charge in [0.1, 0.15) is 5.60 Å². The summed E-state index contributed by atoms with van der Waals surface area (Å²) in [6.07, 6.45) is 11.8. The standard InChI is InChI=1S/C23H24O4/c1-22(2,3)27-21(25)20(17-11-7-4-5-8-12-17)23(16-15-19(24)26-23)18-13-9-6-10-14-18/h4-14H,15-16H2,1-3H3/t23-/m1/s1. The van der Waals surface area contributed by atoms with Gasteiger partial charge in [0.15, 0.2) is 5.60 Å². The molecule has 1 aliphatic heterocycles. The zero-order valence-corrected chi connectivity index (χ0v) is 15.9. The summed E-state index contributed by atoms with van der Waals surface area (Å²) in [5.74, 6) is -0.799. The lowest BCUT2D eigenvalue weighted by atomic mass is 9.80. The van der Waals surface area contributed by atoms with Gasteiger partial charge < -0.3 is 9.47 Å². The fraction of sp³-hybridized carbons (Fsp3) is 0.304. The molecule has 0 saturated carbocycles. The second kappa shape index (κ2) is 7.39. The van der Waals surface area contributed by atoms with Crippen LogP contribution in [0.5, 0.6) is 0 Å². The Kier molecular flexibility index (Phi) is 5.17. The molecule has 1 aromatic carbocycles. The Bertz CT molecular complexity index is 832. The molecule has 3 rings (SSSR count). The molecule has 4 nitrogen and oxygen atoms in total. The number of esters is 2. The Labute approximate surface area is 159 Å². The van der Waals surface area contributed by atoms with Crippen LogP contribution in [0.15, 0.2) is 77.9 Å². The highest BCUT2D eigenvalue weighted by Gasteiger charge is 2.50. The van der Waals surface area contributed by atoms with Crippen molar-refractivity contribution in [3.8, 4) is 0 Å². The molecule has 0 aromatic heterocycles. The lowest BCUT2D eigenvalue weighted by Crippen LogP contribution is -2.37. The molecule has 1 aromatic rings. The highest BCUT2D eigenvalue weighted by Crippen LogP contribution is 2.45. The van der Waals surface area contributed by atoms with E-state index in [9.17, 15) is 9.59 Å². The van der Waals surface area contributed by atoms with Crippen LogP contribution in [0.3, 0.4) is 0 Å². The van der Waals surface area contributed by atoms with Gasteiger partial charge in [0.05, 0.1) is 12.0 Å². The van der Waals surface area contributed by atoms with E-state index in [1.807, 2.05) is 87.6 Å². The third-order valence-corrected chi connectivity index (χ3v) is 4.39. The molecule has 1 fully saturated rings. The lowest BCUT2D eigenvalue weighted by molar-refractivity contribution is -0.156. The van der Waals surface area contributed by atoms with Gasteiger partial charge in [-0.2, -0.15) is 0 Å². The van der Waals surface area contributed by atoms with Gasteiger partial charge in [-0.05, 0) is 26.3 Å². The number of benzene rings is 1. The number of hydrogen-bond acceptors (Lipinski definition) is 4. The Morgan fingerprint density at radius 1 is 1.04 bits per heavy atom. The number of carbonyl (C=O) groups is 2. The van der Waals surface area contributed by atoms with Crippen LogP contribution in [-0.2, 0) is 24.7 Å². The molecule has 0 N–H and O–H groups in total. The smallest absolute Gasteiger partial charge is 0.339 e. The molecule has 0 amide bonds. The lowest BCUT2D eigenvalue weighted by Gasteiger charge is -2.33. The number of ether oxygens (including phenoxy) is 2. The van der Waals surface area contributed by atoms with Crippen molar-refractivity contribution in [3.05, 3.63) is 83.5 Å². The molecule has 4 heteroatoms. The zero-order chi connectivity index (χ0) is 19.5. The van der Waals surface area contributed by atoms with Crippen LogP contribution in [0.4, 0.5) is 0 Å². The van der Waals surface area contributed by atoms with Crippen molar-refractivity contribution in [2.24, 2.45) is 0 Å². The van der Waals surface area contributed by atoms with Gasteiger partial charge in [-0.1, -0.05) is 66.8 Å². The highest BCUT2D eigenvalue weighted by molar-refractivity contribution is 5.95. The first kappa shape index (κ1) is 18.9. The third-order valence-electron chi connectivity index (χ3n) is 4.39. The molecule has 0 unspecified atom stereocenters. The van der Waals surface area contributed by atoms with Gasteiger partial charge in [-0.3, -0.25) is 4.79 Å². The van der Waals surface area contributed by atoms with E-state index in [0.717, 1.165) is 5.56 Å². The molecule has 140 valence electrons. The van der Waals surface area contributed by atoms with Crippen LogP contribution in [0.25, 0.3) is 0 Å². The minimum Gasteiger partial charge on any atom is -0.456 e. The monoisotopic (exact) mass is 364 g/mol. The fourth-order valence-electron chi connectivity index (χ4n) is 3.32. The Balaban J connectivity index is 2.23. The number of allylic oxidation sites excluding steroid dienone is 7. The molecule has 2 aliphatic rings. The molecule has 1 saturated heterocycles.